The van der Waals surface area contributed by atoms with E-state index in [2.05, 4.69) is 24.2 Å². The molecule has 3 N–H and O–H groups in total. The average molecular weight is 243 g/mol. The molecule has 0 radical (unpaired) electrons. The predicted molar refractivity (Wildman–Crippen MR) is 67.2 cm³/mol. The van der Waals surface area contributed by atoms with Gasteiger partial charge in [0.1, 0.15) is 0 Å². The molecular formula is C12H25N3O2. The number of carbonyl (C=O) groups is 1. The van der Waals surface area contributed by atoms with E-state index in [9.17, 15) is 4.79 Å². The second-order valence-corrected chi connectivity index (χ2v) is 4.79. The zero-order valence-corrected chi connectivity index (χ0v) is 11.1. The summed E-state index contributed by atoms with van der Waals surface area (Å²) < 4.78 is 5.73. The number of nitrogens with zero attached hydrogens (tertiary/aromatic N) is 1. The minimum absolute atomic E-state index is 0.101. The van der Waals surface area contributed by atoms with Crippen molar-refractivity contribution in [2.24, 2.45) is 11.8 Å². The highest BCUT2D eigenvalue weighted by Gasteiger charge is 2.28. The van der Waals surface area contributed by atoms with Crippen molar-refractivity contribution in [1.82, 2.24) is 10.3 Å². The molecule has 1 rings (SSSR count). The van der Waals surface area contributed by atoms with Gasteiger partial charge >= 0.3 is 0 Å². The molecule has 17 heavy (non-hydrogen) atoms. The Hall–Kier alpha value is -0.650. The third kappa shape index (κ3) is 3.94. The monoisotopic (exact) mass is 243 g/mol. The van der Waals surface area contributed by atoms with E-state index < -0.39 is 0 Å². The van der Waals surface area contributed by atoms with Crippen LogP contribution >= 0.6 is 0 Å². The third-order valence-electron chi connectivity index (χ3n) is 3.69. The summed E-state index contributed by atoms with van der Waals surface area (Å²) in [6, 6.07) is 0.189. The fourth-order valence-corrected chi connectivity index (χ4v) is 2.21. The largest absolute Gasteiger partial charge is 0.377 e. The van der Waals surface area contributed by atoms with E-state index in [1.165, 1.54) is 0 Å². The third-order valence-corrected chi connectivity index (χ3v) is 3.69. The number of hydrogen-bond acceptors (Lipinski definition) is 4. The topological polar surface area (TPSA) is 67.6 Å². The maximum atomic E-state index is 11.5. The second kappa shape index (κ2) is 6.93. The molecular weight excluding hydrogens is 218 g/mol. The standard InChI is InChI=1S/C12H25N3O2/c1-4-11-8-15(6-5-7-17-11)10(3)9(2)12(16)14-13/h9-11H,4-8,13H2,1-3H3,(H,14,16). The molecule has 0 aromatic heterocycles. The first-order chi connectivity index (χ1) is 8.10. The lowest BCUT2D eigenvalue weighted by molar-refractivity contribution is -0.126. The van der Waals surface area contributed by atoms with Gasteiger partial charge in [-0.15, -0.1) is 0 Å². The number of hydrogen-bond donors (Lipinski definition) is 2. The molecule has 0 aromatic rings. The van der Waals surface area contributed by atoms with E-state index in [1.807, 2.05) is 6.92 Å². The lowest BCUT2D eigenvalue weighted by Gasteiger charge is -2.32. The van der Waals surface area contributed by atoms with Crippen LogP contribution in [0.5, 0.6) is 0 Å². The highest BCUT2D eigenvalue weighted by Crippen LogP contribution is 2.16. The van der Waals surface area contributed by atoms with Gasteiger partial charge in [-0.05, 0) is 19.8 Å². The Bertz CT molecular complexity index is 248. The first-order valence-electron chi connectivity index (χ1n) is 6.46. The quantitative estimate of drug-likeness (QED) is 0.429. The van der Waals surface area contributed by atoms with Gasteiger partial charge in [0.05, 0.1) is 12.0 Å². The Morgan fingerprint density at radius 2 is 2.29 bits per heavy atom. The zero-order chi connectivity index (χ0) is 12.8. The number of rotatable bonds is 4. The normalized spacial score (nSPS) is 26.0. The molecule has 1 heterocycles. The summed E-state index contributed by atoms with van der Waals surface area (Å²) in [7, 11) is 0. The van der Waals surface area contributed by atoms with E-state index >= 15 is 0 Å². The highest BCUT2D eigenvalue weighted by atomic mass is 16.5. The van der Waals surface area contributed by atoms with Gasteiger partial charge < -0.3 is 4.74 Å². The molecule has 1 aliphatic rings. The molecule has 0 aromatic carbocycles. The Morgan fingerprint density at radius 3 is 2.88 bits per heavy atom. The van der Waals surface area contributed by atoms with Gasteiger partial charge in [-0.2, -0.15) is 0 Å². The van der Waals surface area contributed by atoms with Crippen molar-refractivity contribution in [3.05, 3.63) is 0 Å². The summed E-state index contributed by atoms with van der Waals surface area (Å²) in [6.07, 6.45) is 2.33. The molecule has 0 bridgehead atoms. The van der Waals surface area contributed by atoms with E-state index in [0.717, 1.165) is 32.5 Å². The fourth-order valence-electron chi connectivity index (χ4n) is 2.21. The van der Waals surface area contributed by atoms with Gasteiger partial charge in [0.2, 0.25) is 5.91 Å². The zero-order valence-electron chi connectivity index (χ0n) is 11.1. The van der Waals surface area contributed by atoms with Crippen LogP contribution in [-0.4, -0.2) is 42.6 Å². The second-order valence-electron chi connectivity index (χ2n) is 4.79. The summed E-state index contributed by atoms with van der Waals surface area (Å²) in [4.78, 5) is 13.9. The number of amides is 1. The number of hydrazine groups is 1. The summed E-state index contributed by atoms with van der Waals surface area (Å²) in [5, 5.41) is 0. The maximum absolute atomic E-state index is 11.5. The molecule has 3 atom stereocenters. The van der Waals surface area contributed by atoms with Gasteiger partial charge in [-0.3, -0.25) is 15.1 Å². The molecule has 5 heteroatoms. The van der Waals surface area contributed by atoms with Crippen LogP contribution in [0.1, 0.15) is 33.6 Å². The van der Waals surface area contributed by atoms with Crippen molar-refractivity contribution in [2.75, 3.05) is 19.7 Å². The first-order valence-corrected chi connectivity index (χ1v) is 6.46. The van der Waals surface area contributed by atoms with Gasteiger partial charge in [-0.1, -0.05) is 13.8 Å². The molecule has 100 valence electrons. The molecule has 3 unspecified atom stereocenters. The van der Waals surface area contributed by atoms with Gasteiger partial charge in [0, 0.05) is 25.7 Å². The molecule has 5 nitrogen and oxygen atoms in total. The molecule has 1 aliphatic heterocycles. The SMILES string of the molecule is CCC1CN(C(C)C(C)C(=O)NN)CCCO1. The lowest BCUT2D eigenvalue weighted by Crippen LogP contribution is -2.47. The Labute approximate surface area is 104 Å². The van der Waals surface area contributed by atoms with Crippen molar-refractivity contribution in [1.29, 1.82) is 0 Å². The Morgan fingerprint density at radius 1 is 1.59 bits per heavy atom. The number of nitrogens with two attached hydrogens (primary N) is 1. The summed E-state index contributed by atoms with van der Waals surface area (Å²) in [6.45, 7) is 8.84. The van der Waals surface area contributed by atoms with E-state index in [0.29, 0.717) is 0 Å². The van der Waals surface area contributed by atoms with Crippen molar-refractivity contribution < 1.29 is 9.53 Å². The molecule has 1 fully saturated rings. The summed E-state index contributed by atoms with van der Waals surface area (Å²) >= 11 is 0. The van der Waals surface area contributed by atoms with Gasteiger partial charge in [0.15, 0.2) is 0 Å². The van der Waals surface area contributed by atoms with Crippen molar-refractivity contribution >= 4 is 5.91 Å². The van der Waals surface area contributed by atoms with Crippen LogP contribution < -0.4 is 11.3 Å². The minimum atomic E-state index is -0.101. The summed E-state index contributed by atoms with van der Waals surface area (Å²) in [5.74, 6) is 4.98. The van der Waals surface area contributed by atoms with Crippen molar-refractivity contribution in [2.45, 2.75) is 45.8 Å². The first kappa shape index (κ1) is 14.4. The lowest BCUT2D eigenvalue weighted by atomic mass is 10.0. The number of nitrogens with one attached hydrogen (secondary N) is 1. The fraction of sp³-hybridized carbons (Fsp3) is 0.917. The van der Waals surface area contributed by atoms with Gasteiger partial charge in [0.25, 0.3) is 0 Å². The van der Waals surface area contributed by atoms with E-state index in [4.69, 9.17) is 10.6 Å². The minimum Gasteiger partial charge on any atom is -0.377 e. The highest BCUT2D eigenvalue weighted by molar-refractivity contribution is 5.78. The van der Waals surface area contributed by atoms with Crippen LogP contribution in [0.25, 0.3) is 0 Å². The van der Waals surface area contributed by atoms with E-state index in [-0.39, 0.29) is 24.0 Å². The van der Waals surface area contributed by atoms with Crippen LogP contribution in [0, 0.1) is 5.92 Å². The average Bonchev–Trinajstić information content (AvgIpc) is 2.61. The summed E-state index contributed by atoms with van der Waals surface area (Å²) in [5.41, 5.74) is 2.23. The van der Waals surface area contributed by atoms with Crippen LogP contribution in [-0.2, 0) is 9.53 Å². The van der Waals surface area contributed by atoms with Crippen LogP contribution in [0.15, 0.2) is 0 Å². The van der Waals surface area contributed by atoms with Crippen molar-refractivity contribution in [3.8, 4) is 0 Å². The predicted octanol–water partition coefficient (Wildman–Crippen LogP) is 0.502. The van der Waals surface area contributed by atoms with Gasteiger partial charge in [-0.25, -0.2) is 5.84 Å². The van der Waals surface area contributed by atoms with Crippen LogP contribution in [0.2, 0.25) is 0 Å². The molecule has 1 amide bonds. The van der Waals surface area contributed by atoms with Crippen LogP contribution in [0.4, 0.5) is 0 Å². The van der Waals surface area contributed by atoms with Crippen molar-refractivity contribution in [3.63, 3.8) is 0 Å². The maximum Gasteiger partial charge on any atom is 0.238 e. The van der Waals surface area contributed by atoms with E-state index in [1.54, 1.807) is 0 Å². The number of ether oxygens (including phenoxy) is 1. The van der Waals surface area contributed by atoms with Crippen LogP contribution in [0.3, 0.4) is 0 Å². The number of carbonyl (C=O) groups excluding carboxylic acids is 1. The smallest absolute Gasteiger partial charge is 0.238 e. The molecule has 0 spiro atoms. The Balaban J connectivity index is 2.59. The molecule has 0 aliphatic carbocycles. The molecule has 1 saturated heterocycles. The Kier molecular flexibility index (Phi) is 5.88. The molecule has 0 saturated carbocycles.